The van der Waals surface area contributed by atoms with Gasteiger partial charge in [-0.2, -0.15) is 5.26 Å². The van der Waals surface area contributed by atoms with Crippen LogP contribution >= 0.6 is 0 Å². The molecule has 0 spiro atoms. The van der Waals surface area contributed by atoms with Crippen LogP contribution in [0, 0.1) is 11.3 Å². The lowest BCUT2D eigenvalue weighted by atomic mass is 10.0. The Bertz CT molecular complexity index is 450. The SMILES string of the molecule is CCOC(=O)C(C)(C#N)Nc1ccc(OC)cc1. The fourth-order valence-electron chi connectivity index (χ4n) is 1.36. The Hall–Kier alpha value is -2.22. The van der Waals surface area contributed by atoms with Gasteiger partial charge in [-0.05, 0) is 38.1 Å². The second-order valence-electron chi connectivity index (χ2n) is 3.81. The van der Waals surface area contributed by atoms with Crippen molar-refractivity contribution in [2.24, 2.45) is 0 Å². The van der Waals surface area contributed by atoms with Crippen LogP contribution in [0.5, 0.6) is 5.75 Å². The number of nitrogens with zero attached hydrogens (tertiary/aromatic N) is 1. The zero-order valence-corrected chi connectivity index (χ0v) is 10.7. The summed E-state index contributed by atoms with van der Waals surface area (Å²) in [5, 5.41) is 12.0. The van der Waals surface area contributed by atoms with Gasteiger partial charge in [0.25, 0.3) is 0 Å². The van der Waals surface area contributed by atoms with Gasteiger partial charge in [0, 0.05) is 5.69 Å². The molecule has 0 aliphatic carbocycles. The fraction of sp³-hybridized carbons (Fsp3) is 0.385. The van der Waals surface area contributed by atoms with Crippen molar-refractivity contribution in [2.45, 2.75) is 19.4 Å². The van der Waals surface area contributed by atoms with E-state index in [2.05, 4.69) is 5.32 Å². The molecule has 0 heterocycles. The predicted molar refractivity (Wildman–Crippen MR) is 67.3 cm³/mol. The predicted octanol–water partition coefficient (Wildman–Crippen LogP) is 1.95. The van der Waals surface area contributed by atoms with E-state index in [1.165, 1.54) is 6.92 Å². The number of benzene rings is 1. The highest BCUT2D eigenvalue weighted by molar-refractivity contribution is 5.87. The summed E-state index contributed by atoms with van der Waals surface area (Å²) in [7, 11) is 1.57. The zero-order chi connectivity index (χ0) is 13.6. The van der Waals surface area contributed by atoms with Gasteiger partial charge in [-0.3, -0.25) is 0 Å². The molecule has 0 aromatic heterocycles. The number of anilines is 1. The average molecular weight is 248 g/mol. The molecule has 0 fully saturated rings. The molecular weight excluding hydrogens is 232 g/mol. The van der Waals surface area contributed by atoms with Gasteiger partial charge in [0.05, 0.1) is 13.7 Å². The first kappa shape index (κ1) is 13.8. The Kier molecular flexibility index (Phi) is 4.55. The van der Waals surface area contributed by atoms with E-state index in [0.29, 0.717) is 11.4 Å². The van der Waals surface area contributed by atoms with Gasteiger partial charge in [-0.15, -0.1) is 0 Å². The number of hydrogen-bond donors (Lipinski definition) is 1. The van der Waals surface area contributed by atoms with E-state index in [1.54, 1.807) is 38.3 Å². The molecule has 1 unspecified atom stereocenters. The monoisotopic (exact) mass is 248 g/mol. The molecule has 96 valence electrons. The standard InChI is InChI=1S/C13H16N2O3/c1-4-18-12(16)13(2,9-14)15-10-5-7-11(17-3)8-6-10/h5-8,15H,4H2,1-3H3. The molecule has 0 aliphatic rings. The van der Waals surface area contributed by atoms with E-state index < -0.39 is 11.5 Å². The average Bonchev–Trinajstić information content (AvgIpc) is 2.39. The Morgan fingerprint density at radius 2 is 2.06 bits per heavy atom. The molecule has 1 N–H and O–H groups in total. The van der Waals surface area contributed by atoms with E-state index in [-0.39, 0.29) is 6.61 Å². The largest absolute Gasteiger partial charge is 0.497 e. The van der Waals surface area contributed by atoms with E-state index in [0.717, 1.165) is 0 Å². The Morgan fingerprint density at radius 1 is 1.44 bits per heavy atom. The molecule has 0 bridgehead atoms. The Balaban J connectivity index is 2.85. The van der Waals surface area contributed by atoms with E-state index in [4.69, 9.17) is 14.7 Å². The highest BCUT2D eigenvalue weighted by Crippen LogP contribution is 2.19. The van der Waals surface area contributed by atoms with Crippen LogP contribution in [0.3, 0.4) is 0 Å². The maximum absolute atomic E-state index is 11.7. The normalized spacial score (nSPS) is 13.0. The molecule has 1 atom stereocenters. The third kappa shape index (κ3) is 3.14. The quantitative estimate of drug-likeness (QED) is 0.806. The van der Waals surface area contributed by atoms with Gasteiger partial charge >= 0.3 is 5.97 Å². The van der Waals surface area contributed by atoms with Gasteiger partial charge < -0.3 is 14.8 Å². The van der Waals surface area contributed by atoms with Crippen LogP contribution in [0.15, 0.2) is 24.3 Å². The number of nitrogens with one attached hydrogen (secondary N) is 1. The first-order valence-electron chi connectivity index (χ1n) is 5.56. The maximum Gasteiger partial charge on any atom is 0.346 e. The number of carbonyl (C=O) groups is 1. The highest BCUT2D eigenvalue weighted by atomic mass is 16.5. The van der Waals surface area contributed by atoms with Crippen LogP contribution in [-0.4, -0.2) is 25.2 Å². The van der Waals surface area contributed by atoms with Crippen molar-refractivity contribution in [3.05, 3.63) is 24.3 Å². The van der Waals surface area contributed by atoms with Crippen LogP contribution in [0.25, 0.3) is 0 Å². The third-order valence-electron chi connectivity index (χ3n) is 2.39. The summed E-state index contributed by atoms with van der Waals surface area (Å²) in [5.41, 5.74) is -0.752. The summed E-state index contributed by atoms with van der Waals surface area (Å²) >= 11 is 0. The zero-order valence-electron chi connectivity index (χ0n) is 10.7. The second kappa shape index (κ2) is 5.92. The molecule has 0 amide bonds. The van der Waals surface area contributed by atoms with Gasteiger partial charge in [-0.1, -0.05) is 0 Å². The second-order valence-corrected chi connectivity index (χ2v) is 3.81. The molecule has 1 aromatic carbocycles. The number of methoxy groups -OCH3 is 1. The lowest BCUT2D eigenvalue weighted by Crippen LogP contribution is -2.43. The molecule has 0 radical (unpaired) electrons. The number of nitriles is 1. The van der Waals surface area contributed by atoms with Crippen molar-refractivity contribution < 1.29 is 14.3 Å². The van der Waals surface area contributed by atoms with Crippen molar-refractivity contribution >= 4 is 11.7 Å². The van der Waals surface area contributed by atoms with Crippen LogP contribution in [-0.2, 0) is 9.53 Å². The lowest BCUT2D eigenvalue weighted by molar-refractivity contribution is -0.145. The Labute approximate surface area is 106 Å². The summed E-state index contributed by atoms with van der Waals surface area (Å²) in [6.45, 7) is 3.42. The van der Waals surface area contributed by atoms with Crippen molar-refractivity contribution in [3.8, 4) is 11.8 Å². The van der Waals surface area contributed by atoms with Crippen LogP contribution in [0.1, 0.15) is 13.8 Å². The smallest absolute Gasteiger partial charge is 0.346 e. The molecule has 5 heteroatoms. The van der Waals surface area contributed by atoms with E-state index >= 15 is 0 Å². The number of ether oxygens (including phenoxy) is 2. The van der Waals surface area contributed by atoms with Crippen LogP contribution in [0.4, 0.5) is 5.69 Å². The molecule has 0 saturated heterocycles. The summed E-state index contributed by atoms with van der Waals surface area (Å²) < 4.78 is 9.89. The molecular formula is C13H16N2O3. The van der Waals surface area contributed by atoms with Gasteiger partial charge in [0.15, 0.2) is 0 Å². The van der Waals surface area contributed by atoms with Gasteiger partial charge in [-0.25, -0.2) is 4.79 Å². The summed E-state index contributed by atoms with van der Waals surface area (Å²) in [4.78, 5) is 11.7. The van der Waals surface area contributed by atoms with Crippen molar-refractivity contribution in [2.75, 3.05) is 19.0 Å². The summed E-state index contributed by atoms with van der Waals surface area (Å²) in [5.74, 6) is 0.110. The molecule has 0 aliphatic heterocycles. The minimum Gasteiger partial charge on any atom is -0.497 e. The van der Waals surface area contributed by atoms with Gasteiger partial charge in [0.1, 0.15) is 11.8 Å². The van der Waals surface area contributed by atoms with Crippen molar-refractivity contribution in [1.29, 1.82) is 5.26 Å². The summed E-state index contributed by atoms with van der Waals surface area (Å²) in [6.07, 6.45) is 0. The van der Waals surface area contributed by atoms with Crippen molar-refractivity contribution in [3.63, 3.8) is 0 Å². The molecule has 1 aromatic rings. The first-order valence-corrected chi connectivity index (χ1v) is 5.56. The van der Waals surface area contributed by atoms with Crippen LogP contribution in [0.2, 0.25) is 0 Å². The number of hydrogen-bond acceptors (Lipinski definition) is 5. The molecule has 18 heavy (non-hydrogen) atoms. The lowest BCUT2D eigenvalue weighted by Gasteiger charge is -2.22. The number of carbonyl (C=O) groups excluding carboxylic acids is 1. The number of esters is 1. The molecule has 0 saturated carbocycles. The van der Waals surface area contributed by atoms with Crippen LogP contribution < -0.4 is 10.1 Å². The molecule has 5 nitrogen and oxygen atoms in total. The minimum absolute atomic E-state index is 0.237. The topological polar surface area (TPSA) is 71.4 Å². The summed E-state index contributed by atoms with van der Waals surface area (Å²) in [6, 6.07) is 8.87. The Morgan fingerprint density at radius 3 is 2.50 bits per heavy atom. The van der Waals surface area contributed by atoms with Gasteiger partial charge in [0.2, 0.25) is 5.54 Å². The third-order valence-corrected chi connectivity index (χ3v) is 2.39. The van der Waals surface area contributed by atoms with E-state index in [1.807, 2.05) is 6.07 Å². The first-order chi connectivity index (χ1) is 8.55. The fourth-order valence-corrected chi connectivity index (χ4v) is 1.36. The highest BCUT2D eigenvalue weighted by Gasteiger charge is 2.34. The van der Waals surface area contributed by atoms with E-state index in [9.17, 15) is 4.79 Å². The van der Waals surface area contributed by atoms with Crippen molar-refractivity contribution in [1.82, 2.24) is 0 Å². The maximum atomic E-state index is 11.7. The number of rotatable bonds is 5. The molecule has 1 rings (SSSR count). The minimum atomic E-state index is -1.40.